The summed E-state index contributed by atoms with van der Waals surface area (Å²) >= 11 is 0. The van der Waals surface area contributed by atoms with Gasteiger partial charge < -0.3 is 5.32 Å². The van der Waals surface area contributed by atoms with E-state index >= 15 is 0 Å². The van der Waals surface area contributed by atoms with E-state index in [1.807, 2.05) is 0 Å². The Morgan fingerprint density at radius 2 is 1.37 bits per heavy atom. The van der Waals surface area contributed by atoms with Gasteiger partial charge in [-0.1, -0.05) is 45.8 Å². The van der Waals surface area contributed by atoms with E-state index in [-0.39, 0.29) is 0 Å². The summed E-state index contributed by atoms with van der Waals surface area (Å²) < 4.78 is 0. The standard InChI is InChI=1S/C10H21N.C8H16/c1-8-6-9(2,3)11-10(4,5)7-8;1-4-6-8(3)7-5-2/h8,11H,6-7H2,1-5H3;3-7H2,1-2H3. The Bertz CT molecular complexity index is 239. The number of nitrogens with one attached hydrogen (secondary N) is 1. The minimum Gasteiger partial charge on any atom is -0.307 e. The molecule has 0 aromatic heterocycles. The third-order valence-corrected chi connectivity index (χ3v) is 3.60. The molecule has 114 valence electrons. The van der Waals surface area contributed by atoms with Crippen molar-refractivity contribution in [2.75, 3.05) is 0 Å². The minimum atomic E-state index is 0.334. The summed E-state index contributed by atoms with van der Waals surface area (Å²) in [5, 5.41) is 3.66. The Morgan fingerprint density at radius 3 is 1.63 bits per heavy atom. The van der Waals surface area contributed by atoms with E-state index in [1.54, 1.807) is 0 Å². The lowest BCUT2D eigenvalue weighted by atomic mass is 9.77. The average Bonchev–Trinajstić information content (AvgIpc) is 2.12. The molecule has 1 heterocycles. The van der Waals surface area contributed by atoms with Crippen LogP contribution in [0.25, 0.3) is 0 Å². The van der Waals surface area contributed by atoms with Crippen LogP contribution in [0.3, 0.4) is 0 Å². The van der Waals surface area contributed by atoms with Crippen LogP contribution in [-0.4, -0.2) is 11.1 Å². The lowest BCUT2D eigenvalue weighted by Crippen LogP contribution is -2.57. The molecule has 1 N–H and O–H groups in total. The van der Waals surface area contributed by atoms with Crippen LogP contribution in [-0.2, 0) is 0 Å². The van der Waals surface area contributed by atoms with E-state index in [0.717, 1.165) is 5.92 Å². The smallest absolute Gasteiger partial charge is 0.0132 e. The quantitative estimate of drug-likeness (QED) is 0.644. The van der Waals surface area contributed by atoms with Crippen molar-refractivity contribution in [2.24, 2.45) is 5.92 Å². The molecule has 0 amide bonds. The van der Waals surface area contributed by atoms with E-state index in [9.17, 15) is 0 Å². The second-order valence-corrected chi connectivity index (χ2v) is 7.66. The Morgan fingerprint density at radius 1 is 1.00 bits per heavy atom. The van der Waals surface area contributed by atoms with Crippen LogP contribution in [0.5, 0.6) is 0 Å². The van der Waals surface area contributed by atoms with Gasteiger partial charge in [0.15, 0.2) is 0 Å². The molecule has 0 atom stereocenters. The van der Waals surface area contributed by atoms with Gasteiger partial charge in [-0.25, -0.2) is 0 Å². The number of hydrogen-bond donors (Lipinski definition) is 1. The molecule has 1 fully saturated rings. The van der Waals surface area contributed by atoms with Crippen molar-refractivity contribution in [2.45, 2.75) is 98.1 Å². The van der Waals surface area contributed by atoms with Gasteiger partial charge in [0.05, 0.1) is 0 Å². The summed E-state index contributed by atoms with van der Waals surface area (Å²) in [6.07, 6.45) is 7.53. The molecule has 0 saturated carbocycles. The third kappa shape index (κ3) is 9.27. The van der Waals surface area contributed by atoms with Crippen LogP contribution in [0.2, 0.25) is 0 Å². The number of allylic oxidation sites excluding steroid dienone is 1. The first-order valence-electron chi connectivity index (χ1n) is 8.08. The summed E-state index contributed by atoms with van der Waals surface area (Å²) in [5.74, 6) is 0.862. The molecule has 0 bridgehead atoms. The molecule has 1 heteroatoms. The van der Waals surface area contributed by atoms with Gasteiger partial charge in [0.25, 0.3) is 0 Å². The summed E-state index contributed by atoms with van der Waals surface area (Å²) in [7, 11) is 0. The first-order chi connectivity index (χ1) is 8.62. The van der Waals surface area contributed by atoms with Crippen molar-refractivity contribution < 1.29 is 0 Å². The van der Waals surface area contributed by atoms with E-state index in [4.69, 9.17) is 0 Å². The second kappa shape index (κ2) is 8.09. The highest BCUT2D eigenvalue weighted by molar-refractivity contribution is 4.95. The van der Waals surface area contributed by atoms with E-state index in [1.165, 1.54) is 44.1 Å². The zero-order valence-corrected chi connectivity index (χ0v) is 14.5. The largest absolute Gasteiger partial charge is 0.307 e. The van der Waals surface area contributed by atoms with Crippen LogP contribution in [0, 0.1) is 5.92 Å². The van der Waals surface area contributed by atoms with Crippen molar-refractivity contribution in [1.82, 2.24) is 5.32 Å². The normalized spacial score (nSPS) is 21.4. The van der Waals surface area contributed by atoms with Crippen molar-refractivity contribution in [3.8, 4) is 0 Å². The fraction of sp³-hybridized carbons (Fsp3) is 0.889. The Balaban J connectivity index is 0.000000362. The summed E-state index contributed by atoms with van der Waals surface area (Å²) in [5.41, 5.74) is 2.08. The van der Waals surface area contributed by atoms with E-state index < -0.39 is 0 Å². The van der Waals surface area contributed by atoms with Crippen molar-refractivity contribution in [3.63, 3.8) is 0 Å². The molecule has 0 aromatic carbocycles. The predicted molar refractivity (Wildman–Crippen MR) is 88.6 cm³/mol. The third-order valence-electron chi connectivity index (χ3n) is 3.60. The van der Waals surface area contributed by atoms with Crippen molar-refractivity contribution >= 4 is 0 Å². The van der Waals surface area contributed by atoms with Gasteiger partial charge in [-0.15, -0.1) is 0 Å². The molecule has 0 unspecified atom stereocenters. The zero-order chi connectivity index (χ0) is 15.1. The first-order valence-corrected chi connectivity index (χ1v) is 8.08. The Labute approximate surface area is 122 Å². The zero-order valence-electron chi connectivity index (χ0n) is 14.5. The molecule has 0 aliphatic carbocycles. The van der Waals surface area contributed by atoms with Crippen molar-refractivity contribution in [3.05, 3.63) is 12.2 Å². The molecule has 1 rings (SSSR count). The fourth-order valence-electron chi connectivity index (χ4n) is 3.66. The number of hydrogen-bond acceptors (Lipinski definition) is 1. The molecule has 0 radical (unpaired) electrons. The predicted octanol–water partition coefficient (Wildman–Crippen LogP) is 5.71. The fourth-order valence-corrected chi connectivity index (χ4v) is 3.66. The first kappa shape index (κ1) is 18.7. The lowest BCUT2D eigenvalue weighted by molar-refractivity contribution is 0.138. The monoisotopic (exact) mass is 267 g/mol. The number of piperidine rings is 1. The highest BCUT2D eigenvalue weighted by Gasteiger charge is 2.35. The number of rotatable bonds is 4. The van der Waals surface area contributed by atoms with E-state index in [0.29, 0.717) is 11.1 Å². The molecular weight excluding hydrogens is 230 g/mol. The summed E-state index contributed by atoms with van der Waals surface area (Å²) in [6, 6.07) is 0. The van der Waals surface area contributed by atoms with Gasteiger partial charge in [-0.2, -0.15) is 0 Å². The van der Waals surface area contributed by atoms with Crippen LogP contribution >= 0.6 is 0 Å². The maximum absolute atomic E-state index is 3.93. The summed E-state index contributed by atoms with van der Waals surface area (Å²) in [4.78, 5) is 0. The van der Waals surface area contributed by atoms with Crippen LogP contribution in [0.4, 0.5) is 0 Å². The topological polar surface area (TPSA) is 12.0 Å². The Kier molecular flexibility index (Phi) is 7.96. The van der Waals surface area contributed by atoms with Gasteiger partial charge in [-0.05, 0) is 59.3 Å². The average molecular weight is 268 g/mol. The molecule has 1 nitrogen and oxygen atoms in total. The molecule has 1 aliphatic rings. The second-order valence-electron chi connectivity index (χ2n) is 7.66. The van der Waals surface area contributed by atoms with Gasteiger partial charge in [-0.3, -0.25) is 0 Å². The molecule has 0 spiro atoms. The van der Waals surface area contributed by atoms with Gasteiger partial charge in [0.2, 0.25) is 0 Å². The van der Waals surface area contributed by atoms with Gasteiger partial charge in [0.1, 0.15) is 0 Å². The highest BCUT2D eigenvalue weighted by atomic mass is 15.0. The summed E-state index contributed by atoms with van der Waals surface area (Å²) in [6.45, 7) is 19.9. The maximum Gasteiger partial charge on any atom is 0.0132 e. The molecule has 19 heavy (non-hydrogen) atoms. The molecule has 0 aromatic rings. The van der Waals surface area contributed by atoms with Crippen LogP contribution < -0.4 is 5.32 Å². The lowest BCUT2D eigenvalue weighted by Gasteiger charge is -2.45. The van der Waals surface area contributed by atoms with Crippen LogP contribution in [0.1, 0.15) is 87.0 Å². The highest BCUT2D eigenvalue weighted by Crippen LogP contribution is 2.31. The molecular formula is C18H37N. The molecule has 1 saturated heterocycles. The minimum absolute atomic E-state index is 0.334. The Hall–Kier alpha value is -0.300. The maximum atomic E-state index is 3.93. The van der Waals surface area contributed by atoms with Gasteiger partial charge >= 0.3 is 0 Å². The van der Waals surface area contributed by atoms with Crippen molar-refractivity contribution in [1.29, 1.82) is 0 Å². The van der Waals surface area contributed by atoms with E-state index in [2.05, 4.69) is 60.4 Å². The SMILES string of the molecule is C=C(CCC)CCC.CC1CC(C)(C)NC(C)(C)C1. The van der Waals surface area contributed by atoms with Crippen LogP contribution in [0.15, 0.2) is 12.2 Å². The van der Waals surface area contributed by atoms with Gasteiger partial charge in [0, 0.05) is 11.1 Å². The molecule has 1 aliphatic heterocycles.